The highest BCUT2D eigenvalue weighted by Gasteiger charge is 2.21. The first-order valence-electron chi connectivity index (χ1n) is 11.9. The van der Waals surface area contributed by atoms with E-state index >= 15 is 0 Å². The summed E-state index contributed by atoms with van der Waals surface area (Å²) in [6, 6.07) is 33.5. The maximum atomic E-state index is 6.43. The first kappa shape index (κ1) is 18.7. The number of furan rings is 2. The number of thiazole rings is 1. The van der Waals surface area contributed by atoms with Gasteiger partial charge in [0.2, 0.25) is 0 Å². The Morgan fingerprint density at radius 2 is 1.31 bits per heavy atom. The minimum absolute atomic E-state index is 0.867. The molecule has 9 rings (SSSR count). The Kier molecular flexibility index (Phi) is 3.39. The molecule has 0 saturated carbocycles. The van der Waals surface area contributed by atoms with Crippen molar-refractivity contribution in [1.82, 2.24) is 9.55 Å². The highest BCUT2D eigenvalue weighted by atomic mass is 32.1. The highest BCUT2D eigenvalue weighted by molar-refractivity contribution is 7.21. The molecule has 0 aliphatic carbocycles. The van der Waals surface area contributed by atoms with Crippen molar-refractivity contribution in [2.45, 2.75) is 0 Å². The molecular formula is C31H16N2O2S. The molecule has 0 fully saturated rings. The van der Waals surface area contributed by atoms with Gasteiger partial charge in [0.05, 0.1) is 32.0 Å². The van der Waals surface area contributed by atoms with Crippen LogP contribution in [0.25, 0.3) is 81.0 Å². The molecular weight excluding hydrogens is 464 g/mol. The molecule has 0 spiro atoms. The van der Waals surface area contributed by atoms with Crippen LogP contribution in [0, 0.1) is 0 Å². The van der Waals surface area contributed by atoms with Gasteiger partial charge in [-0.05, 0) is 42.5 Å². The summed E-state index contributed by atoms with van der Waals surface area (Å²) in [5.41, 5.74) is 6.78. The van der Waals surface area contributed by atoms with E-state index in [1.165, 1.54) is 0 Å². The zero-order chi connectivity index (χ0) is 23.4. The number of rotatable bonds is 1. The molecule has 0 saturated heterocycles. The van der Waals surface area contributed by atoms with Crippen LogP contribution >= 0.6 is 11.3 Å². The van der Waals surface area contributed by atoms with Crippen molar-refractivity contribution < 1.29 is 8.83 Å². The molecule has 9 aromatic rings. The largest absolute Gasteiger partial charge is 0.456 e. The molecule has 4 nitrogen and oxygen atoms in total. The fourth-order valence-electron chi connectivity index (χ4n) is 5.73. The van der Waals surface area contributed by atoms with Crippen molar-refractivity contribution in [2.24, 2.45) is 0 Å². The van der Waals surface area contributed by atoms with Gasteiger partial charge in [-0.15, -0.1) is 0 Å². The van der Waals surface area contributed by atoms with Crippen LogP contribution in [0.3, 0.4) is 0 Å². The molecule has 168 valence electrons. The maximum absolute atomic E-state index is 6.43. The lowest BCUT2D eigenvalue weighted by Gasteiger charge is -2.02. The first-order valence-corrected chi connectivity index (χ1v) is 12.7. The van der Waals surface area contributed by atoms with Gasteiger partial charge in [0.25, 0.3) is 0 Å². The van der Waals surface area contributed by atoms with Gasteiger partial charge < -0.3 is 8.83 Å². The summed E-state index contributed by atoms with van der Waals surface area (Å²) in [6.45, 7) is 0. The van der Waals surface area contributed by atoms with E-state index < -0.39 is 0 Å². The number of nitrogens with zero attached hydrogens (tertiary/aromatic N) is 2. The van der Waals surface area contributed by atoms with E-state index in [1.807, 2.05) is 24.3 Å². The third kappa shape index (κ3) is 2.26. The smallest absolute Gasteiger partial charge is 0.195 e. The predicted octanol–water partition coefficient (Wildman–Crippen LogP) is 9.19. The summed E-state index contributed by atoms with van der Waals surface area (Å²) < 4.78 is 16.0. The normalized spacial score (nSPS) is 12.4. The van der Waals surface area contributed by atoms with E-state index in [2.05, 4.69) is 77.4 Å². The molecule has 0 radical (unpaired) electrons. The zero-order valence-corrected chi connectivity index (χ0v) is 19.7. The lowest BCUT2D eigenvalue weighted by atomic mass is 10.1. The Bertz CT molecular complexity index is 2330. The molecule has 4 heterocycles. The van der Waals surface area contributed by atoms with Crippen LogP contribution in [0.4, 0.5) is 0 Å². The van der Waals surface area contributed by atoms with Crippen LogP contribution in [0.15, 0.2) is 106 Å². The Morgan fingerprint density at radius 1 is 0.556 bits per heavy atom. The Balaban J connectivity index is 1.43. The average Bonchev–Trinajstić information content (AvgIpc) is 3.67. The highest BCUT2D eigenvalue weighted by Crippen LogP contribution is 2.43. The van der Waals surface area contributed by atoms with Crippen LogP contribution < -0.4 is 0 Å². The monoisotopic (exact) mass is 480 g/mol. The topological polar surface area (TPSA) is 44.1 Å². The minimum atomic E-state index is 0.867. The SMILES string of the molecule is c1ccc2c(c1)oc1c2ccc2c1c1ccccc1n2-c1nc2c(ccc3oc4ccccc4c32)s1. The van der Waals surface area contributed by atoms with Crippen molar-refractivity contribution in [3.63, 3.8) is 0 Å². The summed E-state index contributed by atoms with van der Waals surface area (Å²) in [4.78, 5) is 5.22. The molecule has 0 atom stereocenters. The molecule has 5 heteroatoms. The summed E-state index contributed by atoms with van der Waals surface area (Å²) >= 11 is 1.70. The fourth-order valence-corrected chi connectivity index (χ4v) is 6.73. The van der Waals surface area contributed by atoms with Crippen molar-refractivity contribution in [2.75, 3.05) is 0 Å². The second kappa shape index (κ2) is 6.53. The summed E-state index contributed by atoms with van der Waals surface area (Å²) in [7, 11) is 0. The lowest BCUT2D eigenvalue weighted by Crippen LogP contribution is -1.92. The average molecular weight is 481 g/mol. The molecule has 0 aliphatic heterocycles. The standard InChI is InChI=1S/C31H16N2O2S/c1-4-10-21-19(8-1)27-22(14-13-18-17-7-2-5-11-23(17)35-30(18)27)33(21)31-32-29-26(36-31)16-15-25-28(29)20-9-3-6-12-24(20)34-25/h1-16H. The second-order valence-corrected chi connectivity index (χ2v) is 10.2. The second-order valence-electron chi connectivity index (χ2n) is 9.17. The minimum Gasteiger partial charge on any atom is -0.456 e. The van der Waals surface area contributed by atoms with E-state index in [0.717, 1.165) is 81.0 Å². The van der Waals surface area contributed by atoms with Crippen LogP contribution in [0.5, 0.6) is 0 Å². The number of aromatic nitrogens is 2. The van der Waals surface area contributed by atoms with Crippen LogP contribution in [-0.4, -0.2) is 9.55 Å². The van der Waals surface area contributed by atoms with Gasteiger partial charge in [-0.1, -0.05) is 65.9 Å². The maximum Gasteiger partial charge on any atom is 0.195 e. The summed E-state index contributed by atoms with van der Waals surface area (Å²) in [5.74, 6) is 0. The quantitative estimate of drug-likeness (QED) is 0.235. The van der Waals surface area contributed by atoms with Crippen molar-refractivity contribution >= 4 is 87.2 Å². The van der Waals surface area contributed by atoms with E-state index in [0.29, 0.717) is 0 Å². The van der Waals surface area contributed by atoms with Gasteiger partial charge in [-0.3, -0.25) is 4.57 Å². The molecule has 4 aromatic heterocycles. The van der Waals surface area contributed by atoms with E-state index in [4.69, 9.17) is 13.8 Å². The Labute approximate surface area is 207 Å². The number of para-hydroxylation sites is 3. The van der Waals surface area contributed by atoms with Gasteiger partial charge >= 0.3 is 0 Å². The van der Waals surface area contributed by atoms with Gasteiger partial charge in [0.1, 0.15) is 22.3 Å². The molecule has 5 aromatic carbocycles. The van der Waals surface area contributed by atoms with Crippen molar-refractivity contribution in [3.05, 3.63) is 97.1 Å². The third-order valence-corrected chi connectivity index (χ3v) is 8.26. The molecule has 0 unspecified atom stereocenters. The Hall–Kier alpha value is -4.61. The van der Waals surface area contributed by atoms with Crippen molar-refractivity contribution in [3.8, 4) is 5.13 Å². The van der Waals surface area contributed by atoms with Crippen molar-refractivity contribution in [1.29, 1.82) is 0 Å². The molecule has 0 bridgehead atoms. The number of fused-ring (bicyclic) bond motifs is 12. The first-order chi connectivity index (χ1) is 17.8. The lowest BCUT2D eigenvalue weighted by molar-refractivity contribution is 0.669. The molecule has 0 amide bonds. The Morgan fingerprint density at radius 3 is 2.19 bits per heavy atom. The number of benzene rings is 5. The number of hydrogen-bond acceptors (Lipinski definition) is 4. The van der Waals surface area contributed by atoms with Gasteiger partial charge in [-0.25, -0.2) is 4.98 Å². The molecule has 0 aliphatic rings. The van der Waals surface area contributed by atoms with Crippen LogP contribution in [-0.2, 0) is 0 Å². The summed E-state index contributed by atoms with van der Waals surface area (Å²) in [5, 5.41) is 7.67. The zero-order valence-electron chi connectivity index (χ0n) is 18.9. The predicted molar refractivity (Wildman–Crippen MR) is 149 cm³/mol. The van der Waals surface area contributed by atoms with E-state index in [9.17, 15) is 0 Å². The van der Waals surface area contributed by atoms with Gasteiger partial charge in [0.15, 0.2) is 5.13 Å². The number of hydrogen-bond donors (Lipinski definition) is 0. The van der Waals surface area contributed by atoms with E-state index in [1.54, 1.807) is 11.3 Å². The third-order valence-electron chi connectivity index (χ3n) is 7.26. The van der Waals surface area contributed by atoms with E-state index in [-0.39, 0.29) is 0 Å². The van der Waals surface area contributed by atoms with Gasteiger partial charge in [-0.2, -0.15) is 0 Å². The summed E-state index contributed by atoms with van der Waals surface area (Å²) in [6.07, 6.45) is 0. The fraction of sp³-hybridized carbons (Fsp3) is 0. The molecule has 0 N–H and O–H groups in total. The van der Waals surface area contributed by atoms with Crippen LogP contribution in [0.2, 0.25) is 0 Å². The molecule has 36 heavy (non-hydrogen) atoms. The van der Waals surface area contributed by atoms with Gasteiger partial charge in [0, 0.05) is 21.5 Å². The van der Waals surface area contributed by atoms with Crippen LogP contribution in [0.1, 0.15) is 0 Å².